The summed E-state index contributed by atoms with van der Waals surface area (Å²) in [4.78, 5) is 21.2. The highest BCUT2D eigenvalue weighted by atomic mass is 32.2. The molecule has 4 aromatic rings. The summed E-state index contributed by atoms with van der Waals surface area (Å²) in [6.45, 7) is 0. The van der Waals surface area contributed by atoms with E-state index in [4.69, 9.17) is 0 Å². The predicted molar refractivity (Wildman–Crippen MR) is 118 cm³/mol. The van der Waals surface area contributed by atoms with Crippen molar-refractivity contribution in [2.24, 2.45) is 0 Å². The van der Waals surface area contributed by atoms with E-state index in [9.17, 15) is 26.4 Å². The van der Waals surface area contributed by atoms with Crippen molar-refractivity contribution in [1.29, 1.82) is 0 Å². The van der Waals surface area contributed by atoms with Crippen LogP contribution in [0.1, 0.15) is 11.3 Å². The lowest BCUT2D eigenvalue weighted by atomic mass is 10.1. The minimum Gasteiger partial charge on any atom is -0.302 e. The van der Waals surface area contributed by atoms with Gasteiger partial charge in [0.25, 0.3) is 0 Å². The standard InChI is InChI=1S/C20H14F3N3O3S3/c1-32(28,29)14-6-7-15-16(9-14)31-19(25-15)26-17(27)8-13-10-30-18(24-13)11-2-4-12(5-3-11)20(21,22)23/h2-7,9-10H,8H2,1H3,(H,25,26,27). The summed E-state index contributed by atoms with van der Waals surface area (Å²) in [5, 5.41) is 5.18. The Morgan fingerprint density at radius 1 is 1.09 bits per heavy atom. The lowest BCUT2D eigenvalue weighted by Crippen LogP contribution is -2.14. The van der Waals surface area contributed by atoms with Gasteiger partial charge in [-0.2, -0.15) is 13.2 Å². The van der Waals surface area contributed by atoms with Gasteiger partial charge in [-0.1, -0.05) is 23.5 Å². The number of hydrogen-bond donors (Lipinski definition) is 1. The molecular weight excluding hydrogens is 483 g/mol. The summed E-state index contributed by atoms with van der Waals surface area (Å²) in [5.41, 5.74) is 0.832. The number of amides is 1. The van der Waals surface area contributed by atoms with E-state index in [-0.39, 0.29) is 17.2 Å². The zero-order valence-electron chi connectivity index (χ0n) is 16.3. The molecule has 2 heterocycles. The number of nitrogens with zero attached hydrogens (tertiary/aromatic N) is 2. The summed E-state index contributed by atoms with van der Waals surface area (Å²) in [6, 6.07) is 9.22. The molecule has 0 bridgehead atoms. The molecule has 1 N–H and O–H groups in total. The number of rotatable bonds is 5. The van der Waals surface area contributed by atoms with Gasteiger partial charge in [-0.25, -0.2) is 18.4 Å². The van der Waals surface area contributed by atoms with Crippen LogP contribution in [0, 0.1) is 0 Å². The first kappa shape index (κ1) is 22.4. The number of anilines is 1. The van der Waals surface area contributed by atoms with Crippen LogP contribution in [-0.2, 0) is 27.2 Å². The summed E-state index contributed by atoms with van der Waals surface area (Å²) < 4.78 is 62.1. The smallest absolute Gasteiger partial charge is 0.302 e. The number of benzene rings is 2. The molecule has 0 saturated carbocycles. The fraction of sp³-hybridized carbons (Fsp3) is 0.150. The second-order valence-corrected chi connectivity index (χ2v) is 10.8. The monoisotopic (exact) mass is 497 g/mol. The Bertz CT molecular complexity index is 1410. The van der Waals surface area contributed by atoms with Crippen LogP contribution < -0.4 is 5.32 Å². The van der Waals surface area contributed by atoms with Crippen molar-refractivity contribution in [2.45, 2.75) is 17.5 Å². The van der Waals surface area contributed by atoms with Crippen molar-refractivity contribution in [1.82, 2.24) is 9.97 Å². The van der Waals surface area contributed by atoms with Gasteiger partial charge in [0.05, 0.1) is 32.8 Å². The van der Waals surface area contributed by atoms with Crippen LogP contribution in [0.2, 0.25) is 0 Å². The van der Waals surface area contributed by atoms with Crippen LogP contribution in [0.15, 0.2) is 52.7 Å². The largest absolute Gasteiger partial charge is 0.416 e. The highest BCUT2D eigenvalue weighted by molar-refractivity contribution is 7.90. The Morgan fingerprint density at radius 3 is 2.47 bits per heavy atom. The number of nitrogens with one attached hydrogen (secondary N) is 1. The number of thiazole rings is 2. The van der Waals surface area contributed by atoms with E-state index >= 15 is 0 Å². The Balaban J connectivity index is 1.44. The number of halogens is 3. The molecule has 32 heavy (non-hydrogen) atoms. The van der Waals surface area contributed by atoms with Gasteiger partial charge in [0.2, 0.25) is 5.91 Å². The minimum absolute atomic E-state index is 0.0400. The molecular formula is C20H14F3N3O3S3. The van der Waals surface area contributed by atoms with E-state index in [1.165, 1.54) is 35.6 Å². The van der Waals surface area contributed by atoms with Crippen LogP contribution in [0.25, 0.3) is 20.8 Å². The highest BCUT2D eigenvalue weighted by Crippen LogP contribution is 2.32. The Morgan fingerprint density at radius 2 is 1.81 bits per heavy atom. The van der Waals surface area contributed by atoms with Gasteiger partial charge in [-0.15, -0.1) is 11.3 Å². The number of aromatic nitrogens is 2. The van der Waals surface area contributed by atoms with Crippen LogP contribution in [-0.4, -0.2) is 30.5 Å². The first-order chi connectivity index (χ1) is 15.0. The van der Waals surface area contributed by atoms with Crippen molar-refractivity contribution in [3.63, 3.8) is 0 Å². The van der Waals surface area contributed by atoms with Gasteiger partial charge in [-0.05, 0) is 30.3 Å². The van der Waals surface area contributed by atoms with E-state index in [0.29, 0.717) is 31.6 Å². The van der Waals surface area contributed by atoms with Crippen LogP contribution in [0.3, 0.4) is 0 Å². The molecule has 1 amide bonds. The van der Waals surface area contributed by atoms with Crippen LogP contribution in [0.4, 0.5) is 18.3 Å². The van der Waals surface area contributed by atoms with Gasteiger partial charge >= 0.3 is 6.18 Å². The van der Waals surface area contributed by atoms with Crippen molar-refractivity contribution < 1.29 is 26.4 Å². The molecule has 0 saturated heterocycles. The first-order valence-electron chi connectivity index (χ1n) is 9.01. The molecule has 0 aliphatic heterocycles. The van der Waals surface area contributed by atoms with Gasteiger partial charge < -0.3 is 5.32 Å². The molecule has 2 aromatic carbocycles. The van der Waals surface area contributed by atoms with E-state index in [1.807, 2.05) is 0 Å². The maximum atomic E-state index is 12.7. The average Bonchev–Trinajstić information content (AvgIpc) is 3.32. The number of carbonyl (C=O) groups excluding carboxylic acids is 1. The molecule has 0 fully saturated rings. The topological polar surface area (TPSA) is 89.0 Å². The van der Waals surface area contributed by atoms with Gasteiger partial charge in [0.15, 0.2) is 15.0 Å². The van der Waals surface area contributed by atoms with Gasteiger partial charge in [0, 0.05) is 17.2 Å². The van der Waals surface area contributed by atoms with Crippen LogP contribution in [0.5, 0.6) is 0 Å². The number of sulfone groups is 1. The highest BCUT2D eigenvalue weighted by Gasteiger charge is 2.30. The molecule has 0 radical (unpaired) electrons. The maximum absolute atomic E-state index is 12.7. The first-order valence-corrected chi connectivity index (χ1v) is 12.6. The second-order valence-electron chi connectivity index (χ2n) is 6.86. The molecule has 12 heteroatoms. The molecule has 0 unspecified atom stereocenters. The fourth-order valence-corrected chi connectivity index (χ4v) is 5.31. The van der Waals surface area contributed by atoms with Crippen molar-refractivity contribution >= 4 is 53.8 Å². The number of alkyl halides is 3. The molecule has 0 atom stereocenters. The zero-order valence-corrected chi connectivity index (χ0v) is 18.8. The van der Waals surface area contributed by atoms with Crippen molar-refractivity contribution in [2.75, 3.05) is 11.6 Å². The van der Waals surface area contributed by atoms with E-state index in [2.05, 4.69) is 15.3 Å². The lowest BCUT2D eigenvalue weighted by molar-refractivity contribution is -0.137. The summed E-state index contributed by atoms with van der Waals surface area (Å²) in [7, 11) is -3.35. The number of fused-ring (bicyclic) bond motifs is 1. The third-order valence-electron chi connectivity index (χ3n) is 4.39. The third kappa shape index (κ3) is 4.97. The Kier molecular flexibility index (Phi) is 5.77. The minimum atomic E-state index is -4.41. The molecule has 0 aliphatic carbocycles. The normalized spacial score (nSPS) is 12.2. The number of hydrogen-bond acceptors (Lipinski definition) is 7. The van der Waals surface area contributed by atoms with E-state index in [1.54, 1.807) is 11.4 Å². The Hall–Kier alpha value is -2.83. The summed E-state index contributed by atoms with van der Waals surface area (Å²) in [5.74, 6) is -0.364. The third-order valence-corrected chi connectivity index (χ3v) is 7.37. The van der Waals surface area contributed by atoms with Gasteiger partial charge in [0.1, 0.15) is 5.01 Å². The van der Waals surface area contributed by atoms with Crippen LogP contribution >= 0.6 is 22.7 Å². The molecule has 2 aromatic heterocycles. The van der Waals surface area contributed by atoms with Gasteiger partial charge in [-0.3, -0.25) is 4.79 Å². The average molecular weight is 498 g/mol. The predicted octanol–water partition coefficient (Wildman–Crippen LogP) is 5.02. The number of carbonyl (C=O) groups is 1. The van der Waals surface area contributed by atoms with Crippen molar-refractivity contribution in [3.8, 4) is 10.6 Å². The van der Waals surface area contributed by atoms with E-state index in [0.717, 1.165) is 29.7 Å². The lowest BCUT2D eigenvalue weighted by Gasteiger charge is -2.06. The van der Waals surface area contributed by atoms with Crippen molar-refractivity contribution in [3.05, 3.63) is 59.1 Å². The molecule has 0 aliphatic rings. The maximum Gasteiger partial charge on any atom is 0.416 e. The SMILES string of the molecule is CS(=O)(=O)c1ccc2nc(NC(=O)Cc3csc(-c4ccc(C(F)(F)F)cc4)n3)sc2c1. The second kappa shape index (κ2) is 8.26. The summed E-state index contributed by atoms with van der Waals surface area (Å²) in [6.07, 6.45) is -3.33. The molecule has 4 rings (SSSR count). The molecule has 6 nitrogen and oxygen atoms in total. The summed E-state index contributed by atoms with van der Waals surface area (Å²) >= 11 is 2.38. The Labute approximate surface area is 188 Å². The molecule has 0 spiro atoms. The zero-order chi connectivity index (χ0) is 23.1. The molecule has 166 valence electrons. The van der Waals surface area contributed by atoms with E-state index < -0.39 is 21.6 Å². The quantitative estimate of drug-likeness (QED) is 0.418. The fourth-order valence-electron chi connectivity index (χ4n) is 2.84.